The van der Waals surface area contributed by atoms with Crippen molar-refractivity contribution in [2.24, 2.45) is 5.73 Å². The fourth-order valence-electron chi connectivity index (χ4n) is 4.06. The largest absolute Gasteiger partial charge is 0.366 e. The predicted molar refractivity (Wildman–Crippen MR) is 146 cm³/mol. The van der Waals surface area contributed by atoms with Crippen LogP contribution in [0, 0.1) is 6.92 Å². The van der Waals surface area contributed by atoms with Gasteiger partial charge in [0, 0.05) is 46.5 Å². The highest BCUT2D eigenvalue weighted by Gasteiger charge is 2.19. The van der Waals surface area contributed by atoms with E-state index in [1.165, 1.54) is 0 Å². The topological polar surface area (TPSA) is 140 Å². The molecule has 0 saturated carbocycles. The van der Waals surface area contributed by atoms with E-state index < -0.39 is 15.9 Å². The van der Waals surface area contributed by atoms with Gasteiger partial charge < -0.3 is 11.1 Å². The lowest BCUT2D eigenvalue weighted by Gasteiger charge is -2.14. The highest BCUT2D eigenvalue weighted by Crippen LogP contribution is 2.32. The molecule has 0 spiro atoms. The number of hydrogen-bond donors (Lipinski definition) is 3. The number of aromatic nitrogens is 3. The molecule has 0 radical (unpaired) electrons. The third-order valence-electron chi connectivity index (χ3n) is 6.06. The second-order valence-electron chi connectivity index (χ2n) is 8.68. The summed E-state index contributed by atoms with van der Waals surface area (Å²) in [4.78, 5) is 15.6. The Bertz CT molecular complexity index is 1740. The smallest absolute Gasteiger partial charge is 0.248 e. The van der Waals surface area contributed by atoms with E-state index in [-0.39, 0.29) is 11.4 Å². The number of nitrogens with zero attached hydrogens (tertiary/aromatic N) is 3. The van der Waals surface area contributed by atoms with E-state index in [0.717, 1.165) is 16.3 Å². The van der Waals surface area contributed by atoms with Gasteiger partial charge in [-0.1, -0.05) is 42.5 Å². The van der Waals surface area contributed by atoms with Gasteiger partial charge in [0.05, 0.1) is 4.90 Å². The summed E-state index contributed by atoms with van der Waals surface area (Å²) in [5.41, 5.74) is 9.00. The Morgan fingerprint density at radius 3 is 2.39 bits per heavy atom. The van der Waals surface area contributed by atoms with Crippen molar-refractivity contribution in [2.45, 2.75) is 18.4 Å². The minimum Gasteiger partial charge on any atom is -0.366 e. The number of rotatable bonds is 8. The van der Waals surface area contributed by atoms with Gasteiger partial charge in [0.2, 0.25) is 15.9 Å². The molecular weight excluding hydrogens is 500 g/mol. The number of primary amides is 1. The Hall–Kier alpha value is -4.67. The molecule has 1 amide bonds. The molecule has 5 rings (SSSR count). The molecule has 0 unspecified atom stereocenters. The Kier molecular flexibility index (Phi) is 6.82. The van der Waals surface area contributed by atoms with Gasteiger partial charge in [0.15, 0.2) is 5.82 Å². The maximum absolute atomic E-state index is 13.2. The highest BCUT2D eigenvalue weighted by molar-refractivity contribution is 7.89. The number of sulfonamides is 1. The van der Waals surface area contributed by atoms with Crippen molar-refractivity contribution >= 4 is 38.2 Å². The van der Waals surface area contributed by atoms with Gasteiger partial charge in [-0.25, -0.2) is 13.1 Å². The summed E-state index contributed by atoms with van der Waals surface area (Å²) in [7, 11) is -3.80. The Morgan fingerprint density at radius 2 is 1.68 bits per heavy atom. The molecule has 10 heteroatoms. The average Bonchev–Trinajstić information content (AvgIpc) is 2.93. The second-order valence-corrected chi connectivity index (χ2v) is 10.4. The van der Waals surface area contributed by atoms with E-state index in [9.17, 15) is 13.2 Å². The molecule has 3 aromatic carbocycles. The summed E-state index contributed by atoms with van der Waals surface area (Å²) in [6.07, 6.45) is 3.26. The summed E-state index contributed by atoms with van der Waals surface area (Å²) in [5.74, 6) is 0.0205. The number of benzene rings is 3. The molecule has 5 aromatic rings. The van der Waals surface area contributed by atoms with Gasteiger partial charge in [0.25, 0.3) is 0 Å². The molecule has 0 atom stereocenters. The number of amides is 1. The van der Waals surface area contributed by atoms with Crippen LogP contribution < -0.4 is 15.8 Å². The Balaban J connectivity index is 1.49. The zero-order chi connectivity index (χ0) is 26.7. The van der Waals surface area contributed by atoms with Gasteiger partial charge in [0.1, 0.15) is 5.69 Å². The normalized spacial score (nSPS) is 11.4. The van der Waals surface area contributed by atoms with Gasteiger partial charge in [-0.2, -0.15) is 0 Å². The van der Waals surface area contributed by atoms with Crippen LogP contribution in [0.15, 0.2) is 96.2 Å². The van der Waals surface area contributed by atoms with E-state index in [1.807, 2.05) is 36.4 Å². The predicted octanol–water partition coefficient (Wildman–Crippen LogP) is 4.32. The number of carbonyl (C=O) groups is 1. The van der Waals surface area contributed by atoms with Crippen LogP contribution in [0.2, 0.25) is 0 Å². The molecule has 190 valence electrons. The van der Waals surface area contributed by atoms with E-state index in [0.29, 0.717) is 33.9 Å². The van der Waals surface area contributed by atoms with Crippen LogP contribution in [0.4, 0.5) is 11.5 Å². The van der Waals surface area contributed by atoms with Crippen molar-refractivity contribution in [3.63, 3.8) is 0 Å². The molecule has 0 bridgehead atoms. The van der Waals surface area contributed by atoms with Crippen molar-refractivity contribution in [2.75, 3.05) is 5.32 Å². The SMILES string of the molecule is Cc1ccc(-c2nnc(Nc3ccc(C(N)=O)cc3)c3ccccc23)cc1S(=O)(=O)NCc1cccnc1. The zero-order valence-electron chi connectivity index (χ0n) is 20.4. The fourth-order valence-corrected chi connectivity index (χ4v) is 5.35. The average molecular weight is 525 g/mol. The third kappa shape index (κ3) is 5.22. The lowest BCUT2D eigenvalue weighted by molar-refractivity contribution is 0.100. The molecule has 0 fully saturated rings. The Morgan fingerprint density at radius 1 is 0.921 bits per heavy atom. The lowest BCUT2D eigenvalue weighted by atomic mass is 10.0. The fraction of sp³-hybridized carbons (Fsp3) is 0.0714. The quantitative estimate of drug-likeness (QED) is 0.275. The number of carbonyl (C=O) groups excluding carboxylic acids is 1. The number of pyridine rings is 1. The van der Waals surface area contributed by atoms with Crippen LogP contribution in [0.3, 0.4) is 0 Å². The first kappa shape index (κ1) is 25.0. The van der Waals surface area contributed by atoms with Crippen molar-refractivity contribution in [1.29, 1.82) is 0 Å². The first-order valence-corrected chi connectivity index (χ1v) is 13.2. The second kappa shape index (κ2) is 10.4. The third-order valence-corrected chi connectivity index (χ3v) is 7.60. The van der Waals surface area contributed by atoms with E-state index >= 15 is 0 Å². The molecule has 4 N–H and O–H groups in total. The molecule has 0 saturated heterocycles. The minimum absolute atomic E-state index is 0.128. The standard InChI is InChI=1S/C28H24N6O3S/c1-18-8-9-21(15-25(18)38(36,37)31-17-19-5-4-14-30-16-19)26-23-6-2-3-7-24(23)28(34-33-26)32-22-12-10-20(11-13-22)27(29)35/h2-16,31H,17H2,1H3,(H2,29,35)(H,32,34). The van der Waals surface area contributed by atoms with Crippen LogP contribution >= 0.6 is 0 Å². The first-order valence-electron chi connectivity index (χ1n) is 11.7. The number of nitrogens with two attached hydrogens (primary N) is 1. The Labute approximate surface area is 219 Å². The summed E-state index contributed by atoms with van der Waals surface area (Å²) >= 11 is 0. The monoisotopic (exact) mass is 524 g/mol. The molecule has 0 aliphatic carbocycles. The highest BCUT2D eigenvalue weighted by atomic mass is 32.2. The van der Waals surface area contributed by atoms with Crippen molar-refractivity contribution in [1.82, 2.24) is 19.9 Å². The number of fused-ring (bicyclic) bond motifs is 1. The molecule has 0 aliphatic heterocycles. The minimum atomic E-state index is -3.80. The molecular formula is C28H24N6O3S. The molecule has 0 aliphatic rings. The summed E-state index contributed by atoms with van der Waals surface area (Å²) in [6.45, 7) is 1.88. The summed E-state index contributed by atoms with van der Waals surface area (Å²) in [6, 6.07) is 23.1. The number of hydrogen-bond acceptors (Lipinski definition) is 7. The van der Waals surface area contributed by atoms with Crippen LogP contribution in [-0.4, -0.2) is 29.5 Å². The maximum Gasteiger partial charge on any atom is 0.248 e. The molecule has 9 nitrogen and oxygen atoms in total. The van der Waals surface area contributed by atoms with E-state index in [2.05, 4.69) is 25.2 Å². The number of aryl methyl sites for hydroxylation is 1. The van der Waals surface area contributed by atoms with E-state index in [4.69, 9.17) is 5.73 Å². The van der Waals surface area contributed by atoms with Gasteiger partial charge in [-0.3, -0.25) is 9.78 Å². The van der Waals surface area contributed by atoms with Crippen molar-refractivity contribution in [3.8, 4) is 11.3 Å². The molecule has 38 heavy (non-hydrogen) atoms. The van der Waals surface area contributed by atoms with Crippen LogP contribution in [0.1, 0.15) is 21.5 Å². The summed E-state index contributed by atoms with van der Waals surface area (Å²) in [5, 5.41) is 13.7. The number of nitrogens with one attached hydrogen (secondary N) is 2. The van der Waals surface area contributed by atoms with Gasteiger partial charge in [-0.05, 0) is 54.4 Å². The first-order chi connectivity index (χ1) is 18.3. The molecule has 2 heterocycles. The zero-order valence-corrected chi connectivity index (χ0v) is 21.2. The van der Waals surface area contributed by atoms with Crippen LogP contribution in [0.5, 0.6) is 0 Å². The van der Waals surface area contributed by atoms with Crippen molar-refractivity contribution < 1.29 is 13.2 Å². The molecule has 2 aromatic heterocycles. The lowest BCUT2D eigenvalue weighted by Crippen LogP contribution is -2.24. The summed E-state index contributed by atoms with van der Waals surface area (Å²) < 4.78 is 29.0. The van der Waals surface area contributed by atoms with Gasteiger partial charge >= 0.3 is 0 Å². The van der Waals surface area contributed by atoms with Crippen LogP contribution in [0.25, 0.3) is 22.0 Å². The van der Waals surface area contributed by atoms with E-state index in [1.54, 1.807) is 61.8 Å². The van der Waals surface area contributed by atoms with Crippen molar-refractivity contribution in [3.05, 3.63) is 108 Å². The number of anilines is 2. The van der Waals surface area contributed by atoms with Crippen LogP contribution in [-0.2, 0) is 16.6 Å². The van der Waals surface area contributed by atoms with Gasteiger partial charge in [-0.15, -0.1) is 10.2 Å². The maximum atomic E-state index is 13.2.